The van der Waals surface area contributed by atoms with Gasteiger partial charge in [-0.1, -0.05) is 60.7 Å². The molecule has 1 saturated heterocycles. The number of hydrogen-bond donors (Lipinski definition) is 0. The lowest BCUT2D eigenvalue weighted by molar-refractivity contribution is 0.208. The summed E-state index contributed by atoms with van der Waals surface area (Å²) >= 11 is 0. The van der Waals surface area contributed by atoms with E-state index in [9.17, 15) is 0 Å². The standard InChI is InChI=1S/C20H25N/c1-21-14-12-17(13-15-21)16-20(18-8-4-2-5-9-18)19-10-6-3-7-11-19/h2-11,17,20H,12-16H2,1H3. The molecule has 2 aromatic rings. The number of piperidine rings is 1. The molecule has 1 aliphatic rings. The lowest BCUT2D eigenvalue weighted by atomic mass is 9.80. The first-order valence-electron chi connectivity index (χ1n) is 8.11. The average Bonchev–Trinajstić information content (AvgIpc) is 2.56. The smallest absolute Gasteiger partial charge is 0.00919 e. The monoisotopic (exact) mass is 279 g/mol. The van der Waals surface area contributed by atoms with Crippen LogP contribution in [0.2, 0.25) is 0 Å². The highest BCUT2D eigenvalue weighted by atomic mass is 15.1. The van der Waals surface area contributed by atoms with E-state index in [1.165, 1.54) is 43.5 Å². The Hall–Kier alpha value is -1.60. The van der Waals surface area contributed by atoms with Gasteiger partial charge in [0, 0.05) is 5.92 Å². The lowest BCUT2D eigenvalue weighted by Gasteiger charge is -2.31. The van der Waals surface area contributed by atoms with E-state index in [1.54, 1.807) is 0 Å². The third-order valence-electron chi connectivity index (χ3n) is 4.81. The van der Waals surface area contributed by atoms with Gasteiger partial charge in [0.15, 0.2) is 0 Å². The van der Waals surface area contributed by atoms with Crippen molar-refractivity contribution in [3.63, 3.8) is 0 Å². The zero-order valence-corrected chi connectivity index (χ0v) is 12.9. The molecule has 3 rings (SSSR count). The molecule has 0 bridgehead atoms. The van der Waals surface area contributed by atoms with Crippen LogP contribution in [-0.2, 0) is 0 Å². The Labute approximate surface area is 128 Å². The van der Waals surface area contributed by atoms with Crippen molar-refractivity contribution in [1.82, 2.24) is 4.90 Å². The zero-order chi connectivity index (χ0) is 14.5. The predicted octanol–water partition coefficient (Wildman–Crippen LogP) is 4.55. The van der Waals surface area contributed by atoms with Crippen LogP contribution in [0.25, 0.3) is 0 Å². The maximum Gasteiger partial charge on any atom is 0.00919 e. The molecule has 1 heterocycles. The molecule has 0 unspecified atom stereocenters. The Bertz CT molecular complexity index is 487. The van der Waals surface area contributed by atoms with Crippen molar-refractivity contribution in [2.24, 2.45) is 5.92 Å². The zero-order valence-electron chi connectivity index (χ0n) is 12.9. The van der Waals surface area contributed by atoms with E-state index in [-0.39, 0.29) is 0 Å². The summed E-state index contributed by atoms with van der Waals surface area (Å²) in [6.07, 6.45) is 3.96. The number of likely N-dealkylation sites (tertiary alicyclic amines) is 1. The molecule has 1 heteroatoms. The minimum absolute atomic E-state index is 0.542. The summed E-state index contributed by atoms with van der Waals surface area (Å²) in [5, 5.41) is 0. The summed E-state index contributed by atoms with van der Waals surface area (Å²) in [4.78, 5) is 2.45. The van der Waals surface area contributed by atoms with Crippen LogP contribution in [0.3, 0.4) is 0 Å². The Morgan fingerprint density at radius 2 is 1.33 bits per heavy atom. The molecule has 0 radical (unpaired) electrons. The van der Waals surface area contributed by atoms with Crippen molar-refractivity contribution < 1.29 is 0 Å². The summed E-state index contributed by atoms with van der Waals surface area (Å²) in [5.74, 6) is 1.40. The number of rotatable bonds is 4. The molecule has 110 valence electrons. The van der Waals surface area contributed by atoms with E-state index >= 15 is 0 Å². The van der Waals surface area contributed by atoms with E-state index in [2.05, 4.69) is 72.6 Å². The van der Waals surface area contributed by atoms with Gasteiger partial charge in [0.2, 0.25) is 0 Å². The topological polar surface area (TPSA) is 3.24 Å². The minimum atomic E-state index is 0.542. The van der Waals surface area contributed by atoms with Crippen LogP contribution in [-0.4, -0.2) is 25.0 Å². The quantitative estimate of drug-likeness (QED) is 0.793. The van der Waals surface area contributed by atoms with Crippen LogP contribution in [0.4, 0.5) is 0 Å². The SMILES string of the molecule is CN1CCC(CC(c2ccccc2)c2ccccc2)CC1. The van der Waals surface area contributed by atoms with Gasteiger partial charge < -0.3 is 4.90 Å². The van der Waals surface area contributed by atoms with Gasteiger partial charge >= 0.3 is 0 Å². The molecule has 0 amide bonds. The predicted molar refractivity (Wildman–Crippen MR) is 89.6 cm³/mol. The lowest BCUT2D eigenvalue weighted by Crippen LogP contribution is -2.30. The van der Waals surface area contributed by atoms with Gasteiger partial charge in [0.05, 0.1) is 0 Å². The Balaban J connectivity index is 1.80. The first-order chi connectivity index (χ1) is 10.3. The summed E-state index contributed by atoms with van der Waals surface area (Å²) in [6.45, 7) is 2.50. The third kappa shape index (κ3) is 3.74. The van der Waals surface area contributed by atoms with E-state index < -0.39 is 0 Å². The van der Waals surface area contributed by atoms with E-state index in [4.69, 9.17) is 0 Å². The Morgan fingerprint density at radius 3 is 1.81 bits per heavy atom. The van der Waals surface area contributed by atoms with Crippen molar-refractivity contribution in [3.05, 3.63) is 71.8 Å². The molecule has 1 nitrogen and oxygen atoms in total. The second kappa shape index (κ2) is 6.91. The maximum atomic E-state index is 2.45. The highest BCUT2D eigenvalue weighted by molar-refractivity contribution is 5.32. The molecule has 0 aromatic heterocycles. The fourth-order valence-electron chi connectivity index (χ4n) is 3.47. The van der Waals surface area contributed by atoms with Crippen molar-refractivity contribution >= 4 is 0 Å². The average molecular weight is 279 g/mol. The number of nitrogens with zero attached hydrogens (tertiary/aromatic N) is 1. The third-order valence-corrected chi connectivity index (χ3v) is 4.81. The molecule has 0 aliphatic carbocycles. The first-order valence-corrected chi connectivity index (χ1v) is 8.11. The molecule has 21 heavy (non-hydrogen) atoms. The normalized spacial score (nSPS) is 17.2. The fraction of sp³-hybridized carbons (Fsp3) is 0.400. The van der Waals surface area contributed by atoms with Gasteiger partial charge in [-0.05, 0) is 56.4 Å². The van der Waals surface area contributed by atoms with Crippen molar-refractivity contribution in [3.8, 4) is 0 Å². The number of benzene rings is 2. The van der Waals surface area contributed by atoms with Gasteiger partial charge in [-0.25, -0.2) is 0 Å². The largest absolute Gasteiger partial charge is 0.306 e. The van der Waals surface area contributed by atoms with Crippen molar-refractivity contribution in [1.29, 1.82) is 0 Å². The first kappa shape index (κ1) is 14.3. The maximum absolute atomic E-state index is 2.45. The summed E-state index contributed by atoms with van der Waals surface area (Å²) in [5.41, 5.74) is 2.92. The van der Waals surface area contributed by atoms with Gasteiger partial charge in [0.25, 0.3) is 0 Å². The summed E-state index contributed by atoms with van der Waals surface area (Å²) in [7, 11) is 2.24. The Kier molecular flexibility index (Phi) is 4.72. The highest BCUT2D eigenvalue weighted by Crippen LogP contribution is 2.34. The van der Waals surface area contributed by atoms with Crippen molar-refractivity contribution in [2.75, 3.05) is 20.1 Å². The summed E-state index contributed by atoms with van der Waals surface area (Å²) < 4.78 is 0. The molecule has 1 aliphatic heterocycles. The van der Waals surface area contributed by atoms with Gasteiger partial charge in [-0.2, -0.15) is 0 Å². The Morgan fingerprint density at radius 1 is 0.857 bits per heavy atom. The van der Waals surface area contributed by atoms with Crippen LogP contribution in [0, 0.1) is 5.92 Å². The van der Waals surface area contributed by atoms with Crippen LogP contribution < -0.4 is 0 Å². The molecule has 0 spiro atoms. The van der Waals surface area contributed by atoms with Crippen LogP contribution in [0.5, 0.6) is 0 Å². The molecule has 2 aromatic carbocycles. The molecular weight excluding hydrogens is 254 g/mol. The van der Waals surface area contributed by atoms with Crippen LogP contribution in [0.15, 0.2) is 60.7 Å². The van der Waals surface area contributed by atoms with Gasteiger partial charge in [-0.3, -0.25) is 0 Å². The van der Waals surface area contributed by atoms with Crippen LogP contribution >= 0.6 is 0 Å². The second-order valence-corrected chi connectivity index (χ2v) is 6.36. The summed E-state index contributed by atoms with van der Waals surface area (Å²) in [6, 6.07) is 22.0. The van der Waals surface area contributed by atoms with Crippen LogP contribution in [0.1, 0.15) is 36.3 Å². The second-order valence-electron chi connectivity index (χ2n) is 6.36. The van der Waals surface area contributed by atoms with Gasteiger partial charge in [-0.15, -0.1) is 0 Å². The molecule has 0 N–H and O–H groups in total. The fourth-order valence-corrected chi connectivity index (χ4v) is 3.47. The van der Waals surface area contributed by atoms with E-state index in [0.29, 0.717) is 5.92 Å². The van der Waals surface area contributed by atoms with Gasteiger partial charge in [0.1, 0.15) is 0 Å². The molecular formula is C20H25N. The molecule has 1 fully saturated rings. The highest BCUT2D eigenvalue weighted by Gasteiger charge is 2.22. The molecule has 0 atom stereocenters. The van der Waals surface area contributed by atoms with E-state index in [0.717, 1.165) is 5.92 Å². The van der Waals surface area contributed by atoms with Crippen molar-refractivity contribution in [2.45, 2.75) is 25.2 Å². The minimum Gasteiger partial charge on any atom is -0.306 e. The number of hydrogen-bond acceptors (Lipinski definition) is 1. The van der Waals surface area contributed by atoms with E-state index in [1.807, 2.05) is 0 Å². The molecule has 0 saturated carbocycles.